The molecule has 0 bridgehead atoms. The Labute approximate surface area is 165 Å². The van der Waals surface area contributed by atoms with E-state index >= 15 is 0 Å². The summed E-state index contributed by atoms with van der Waals surface area (Å²) in [4.78, 5) is 11.6. The second kappa shape index (κ2) is 14.2. The number of alkyl carbamates (subject to hydrolysis) is 1. The number of aliphatic hydroxyl groups excluding tert-OH is 1. The normalized spacial score (nSPS) is 23.3. The number of carbonyl (C=O) groups excluding carboxylic acids is 1. The van der Waals surface area contributed by atoms with Crippen molar-refractivity contribution in [2.24, 2.45) is 0 Å². The van der Waals surface area contributed by atoms with Gasteiger partial charge in [-0.15, -0.1) is 0 Å². The minimum Gasteiger partial charge on any atom is -0.447 e. The molecule has 6 heteroatoms. The highest BCUT2D eigenvalue weighted by Crippen LogP contribution is 2.29. The molecule has 1 rings (SSSR count). The minimum atomic E-state index is -0.565. The second-order valence-electron chi connectivity index (χ2n) is 7.80. The van der Waals surface area contributed by atoms with Crippen LogP contribution < -0.4 is 5.32 Å². The predicted octanol–water partition coefficient (Wildman–Crippen LogP) is 4.54. The Morgan fingerprint density at radius 2 is 1.78 bits per heavy atom. The number of hydrogen-bond acceptors (Lipinski definition) is 5. The first-order valence-electron chi connectivity index (χ1n) is 10.9. The maximum absolute atomic E-state index is 11.6. The molecule has 160 valence electrons. The van der Waals surface area contributed by atoms with Gasteiger partial charge >= 0.3 is 6.09 Å². The molecule has 1 heterocycles. The summed E-state index contributed by atoms with van der Waals surface area (Å²) in [5, 5.41) is 12.0. The zero-order valence-corrected chi connectivity index (χ0v) is 17.6. The molecule has 0 radical (unpaired) electrons. The zero-order chi connectivity index (χ0) is 20.0. The van der Waals surface area contributed by atoms with Crippen molar-refractivity contribution in [3.05, 3.63) is 0 Å². The van der Waals surface area contributed by atoms with Crippen LogP contribution in [-0.4, -0.2) is 49.0 Å². The van der Waals surface area contributed by atoms with Crippen LogP contribution >= 0.6 is 0 Å². The summed E-state index contributed by atoms with van der Waals surface area (Å²) in [5.41, 5.74) is 0. The van der Waals surface area contributed by atoms with Gasteiger partial charge in [0.2, 0.25) is 0 Å². The van der Waals surface area contributed by atoms with Crippen molar-refractivity contribution >= 4 is 6.09 Å². The van der Waals surface area contributed by atoms with Crippen molar-refractivity contribution in [1.82, 2.24) is 5.32 Å². The monoisotopic (exact) mass is 387 g/mol. The van der Waals surface area contributed by atoms with Crippen LogP contribution in [0.25, 0.3) is 0 Å². The SMILES string of the molecule is CCCCCCCCCCCC1(C)OCC(COC(=O)NCC(O)CC)O1. The summed E-state index contributed by atoms with van der Waals surface area (Å²) >= 11 is 0. The Morgan fingerprint density at radius 1 is 1.15 bits per heavy atom. The van der Waals surface area contributed by atoms with Crippen LogP contribution in [0.3, 0.4) is 0 Å². The molecule has 1 aliphatic rings. The zero-order valence-electron chi connectivity index (χ0n) is 17.6. The number of amides is 1. The average molecular weight is 388 g/mol. The van der Waals surface area contributed by atoms with E-state index in [-0.39, 0.29) is 19.3 Å². The number of unbranched alkanes of at least 4 members (excludes halogenated alkanes) is 8. The molecule has 27 heavy (non-hydrogen) atoms. The smallest absolute Gasteiger partial charge is 0.407 e. The predicted molar refractivity (Wildman–Crippen MR) is 107 cm³/mol. The Bertz CT molecular complexity index is 393. The van der Waals surface area contributed by atoms with Crippen molar-refractivity contribution in [3.8, 4) is 0 Å². The van der Waals surface area contributed by atoms with Gasteiger partial charge in [0, 0.05) is 13.0 Å². The highest BCUT2D eigenvalue weighted by Gasteiger charge is 2.37. The molecular formula is C21H41NO5. The van der Waals surface area contributed by atoms with Gasteiger partial charge in [0.1, 0.15) is 12.7 Å². The van der Waals surface area contributed by atoms with Gasteiger partial charge in [-0.3, -0.25) is 0 Å². The van der Waals surface area contributed by atoms with Gasteiger partial charge < -0.3 is 24.6 Å². The van der Waals surface area contributed by atoms with E-state index in [4.69, 9.17) is 14.2 Å². The molecule has 0 aromatic rings. The van der Waals surface area contributed by atoms with Crippen LogP contribution in [0.1, 0.15) is 91.4 Å². The van der Waals surface area contributed by atoms with Gasteiger partial charge in [-0.1, -0.05) is 65.2 Å². The molecule has 2 N–H and O–H groups in total. The van der Waals surface area contributed by atoms with Crippen molar-refractivity contribution < 1.29 is 24.1 Å². The van der Waals surface area contributed by atoms with E-state index in [1.165, 1.54) is 51.4 Å². The van der Waals surface area contributed by atoms with E-state index in [0.29, 0.717) is 13.0 Å². The highest BCUT2D eigenvalue weighted by molar-refractivity contribution is 5.67. The van der Waals surface area contributed by atoms with Gasteiger partial charge in [-0.25, -0.2) is 4.79 Å². The van der Waals surface area contributed by atoms with Crippen molar-refractivity contribution in [2.45, 2.75) is 109 Å². The molecule has 1 fully saturated rings. The van der Waals surface area contributed by atoms with Crippen LogP contribution in [-0.2, 0) is 14.2 Å². The number of ether oxygens (including phenoxy) is 3. The van der Waals surface area contributed by atoms with E-state index in [1.54, 1.807) is 0 Å². The van der Waals surface area contributed by atoms with E-state index in [0.717, 1.165) is 12.8 Å². The summed E-state index contributed by atoms with van der Waals surface area (Å²) in [6.45, 7) is 6.89. The first-order chi connectivity index (χ1) is 13.0. The largest absolute Gasteiger partial charge is 0.447 e. The molecular weight excluding hydrogens is 346 g/mol. The van der Waals surface area contributed by atoms with E-state index in [2.05, 4.69) is 12.2 Å². The first-order valence-corrected chi connectivity index (χ1v) is 10.9. The topological polar surface area (TPSA) is 77.0 Å². The van der Waals surface area contributed by atoms with Crippen molar-refractivity contribution in [1.29, 1.82) is 0 Å². The van der Waals surface area contributed by atoms with Crippen LogP contribution in [0.4, 0.5) is 4.79 Å². The van der Waals surface area contributed by atoms with Gasteiger partial charge in [0.05, 0.1) is 12.7 Å². The lowest BCUT2D eigenvalue weighted by Gasteiger charge is -2.23. The van der Waals surface area contributed by atoms with Gasteiger partial charge in [0.15, 0.2) is 5.79 Å². The lowest BCUT2D eigenvalue weighted by molar-refractivity contribution is -0.162. The Kier molecular flexibility index (Phi) is 12.7. The molecule has 3 unspecified atom stereocenters. The molecule has 1 saturated heterocycles. The third-order valence-corrected chi connectivity index (χ3v) is 5.08. The third kappa shape index (κ3) is 11.6. The molecule has 0 aromatic carbocycles. The van der Waals surface area contributed by atoms with Gasteiger partial charge in [-0.2, -0.15) is 0 Å². The second-order valence-corrected chi connectivity index (χ2v) is 7.80. The first kappa shape index (κ1) is 24.2. The summed E-state index contributed by atoms with van der Waals surface area (Å²) in [6, 6.07) is 0. The van der Waals surface area contributed by atoms with E-state index in [9.17, 15) is 9.90 Å². The number of carbonyl (C=O) groups is 1. The van der Waals surface area contributed by atoms with Crippen molar-refractivity contribution in [2.75, 3.05) is 19.8 Å². The number of aliphatic hydroxyl groups is 1. The Morgan fingerprint density at radius 3 is 2.41 bits per heavy atom. The Hall–Kier alpha value is -0.850. The Balaban J connectivity index is 2.04. The third-order valence-electron chi connectivity index (χ3n) is 5.08. The molecule has 1 aliphatic heterocycles. The minimum absolute atomic E-state index is 0.168. The fraction of sp³-hybridized carbons (Fsp3) is 0.952. The molecule has 6 nitrogen and oxygen atoms in total. The molecule has 0 saturated carbocycles. The standard InChI is InChI=1S/C21H41NO5/c1-4-6-7-8-9-10-11-12-13-14-21(3)26-17-19(27-21)16-25-20(24)22-15-18(23)5-2/h18-19,23H,4-17H2,1-3H3,(H,22,24). The maximum Gasteiger partial charge on any atom is 0.407 e. The van der Waals surface area contributed by atoms with Crippen LogP contribution in [0.15, 0.2) is 0 Å². The molecule has 3 atom stereocenters. The van der Waals surface area contributed by atoms with Gasteiger partial charge in [0.25, 0.3) is 0 Å². The summed E-state index contributed by atoms with van der Waals surface area (Å²) in [5.74, 6) is -0.565. The lowest BCUT2D eigenvalue weighted by Crippen LogP contribution is -2.34. The highest BCUT2D eigenvalue weighted by atomic mass is 16.7. The summed E-state index contributed by atoms with van der Waals surface area (Å²) in [6.07, 6.45) is 11.8. The van der Waals surface area contributed by atoms with E-state index < -0.39 is 18.0 Å². The molecule has 0 spiro atoms. The van der Waals surface area contributed by atoms with E-state index in [1.807, 2.05) is 13.8 Å². The summed E-state index contributed by atoms with van der Waals surface area (Å²) < 4.78 is 16.9. The number of nitrogens with one attached hydrogen (secondary N) is 1. The molecule has 1 amide bonds. The van der Waals surface area contributed by atoms with Crippen LogP contribution in [0.2, 0.25) is 0 Å². The molecule has 0 aliphatic carbocycles. The van der Waals surface area contributed by atoms with Crippen LogP contribution in [0.5, 0.6) is 0 Å². The van der Waals surface area contributed by atoms with Gasteiger partial charge in [-0.05, 0) is 19.8 Å². The fourth-order valence-electron chi connectivity index (χ4n) is 3.22. The fourth-order valence-corrected chi connectivity index (χ4v) is 3.22. The number of hydrogen-bond donors (Lipinski definition) is 2. The average Bonchev–Trinajstić information content (AvgIpc) is 3.04. The molecule has 0 aromatic heterocycles. The lowest BCUT2D eigenvalue weighted by atomic mass is 10.0. The van der Waals surface area contributed by atoms with Crippen molar-refractivity contribution in [3.63, 3.8) is 0 Å². The number of rotatable bonds is 15. The van der Waals surface area contributed by atoms with Crippen LogP contribution in [0, 0.1) is 0 Å². The quantitative estimate of drug-likeness (QED) is 0.404. The maximum atomic E-state index is 11.6. The summed E-state index contributed by atoms with van der Waals surface area (Å²) in [7, 11) is 0.